The van der Waals surface area contributed by atoms with E-state index in [1.165, 1.54) is 4.90 Å². The maximum Gasteiger partial charge on any atom is 0.234 e. The largest absolute Gasteiger partial charge is 0.386 e. The smallest absolute Gasteiger partial charge is 0.234 e. The van der Waals surface area contributed by atoms with Crippen LogP contribution in [0.2, 0.25) is 0 Å². The zero-order valence-electron chi connectivity index (χ0n) is 8.79. The second kappa shape index (κ2) is 4.25. The molecule has 1 aromatic rings. The Hall–Kier alpha value is -1.36. The number of hydrogen-bond donors (Lipinski definition) is 1. The first-order chi connectivity index (χ1) is 7.61. The van der Waals surface area contributed by atoms with Gasteiger partial charge in [0.05, 0.1) is 24.3 Å². The SMILES string of the molecule is CNc1ccc(Br)cc1N1CC(=O)CC1=O. The van der Waals surface area contributed by atoms with Crippen molar-refractivity contribution in [2.24, 2.45) is 0 Å². The van der Waals surface area contributed by atoms with E-state index in [0.717, 1.165) is 15.8 Å². The molecule has 1 fully saturated rings. The Morgan fingerprint density at radius 3 is 2.69 bits per heavy atom. The topological polar surface area (TPSA) is 49.4 Å². The first kappa shape index (κ1) is 11.1. The van der Waals surface area contributed by atoms with Gasteiger partial charge in [0.1, 0.15) is 0 Å². The monoisotopic (exact) mass is 282 g/mol. The summed E-state index contributed by atoms with van der Waals surface area (Å²) >= 11 is 3.36. The fourth-order valence-electron chi connectivity index (χ4n) is 1.74. The van der Waals surface area contributed by atoms with Crippen molar-refractivity contribution in [2.75, 3.05) is 23.8 Å². The van der Waals surface area contributed by atoms with E-state index >= 15 is 0 Å². The molecule has 1 aliphatic rings. The zero-order valence-corrected chi connectivity index (χ0v) is 10.4. The molecule has 5 heteroatoms. The van der Waals surface area contributed by atoms with E-state index in [-0.39, 0.29) is 24.7 Å². The van der Waals surface area contributed by atoms with E-state index < -0.39 is 0 Å². The lowest BCUT2D eigenvalue weighted by Crippen LogP contribution is -2.25. The molecule has 0 atom stereocenters. The fourth-order valence-corrected chi connectivity index (χ4v) is 2.09. The lowest BCUT2D eigenvalue weighted by molar-refractivity contribution is -0.121. The Bertz CT molecular complexity index is 459. The lowest BCUT2D eigenvalue weighted by Gasteiger charge is -2.19. The van der Waals surface area contributed by atoms with Crippen LogP contribution in [-0.4, -0.2) is 25.3 Å². The molecule has 0 unspecified atom stereocenters. The van der Waals surface area contributed by atoms with Gasteiger partial charge in [0, 0.05) is 11.5 Å². The van der Waals surface area contributed by atoms with Crippen LogP contribution >= 0.6 is 15.9 Å². The maximum atomic E-state index is 11.6. The molecular weight excluding hydrogens is 272 g/mol. The Morgan fingerprint density at radius 2 is 2.12 bits per heavy atom. The molecule has 1 saturated heterocycles. The summed E-state index contributed by atoms with van der Waals surface area (Å²) in [6, 6.07) is 5.59. The third-order valence-corrected chi connectivity index (χ3v) is 3.00. The molecule has 0 radical (unpaired) electrons. The van der Waals surface area contributed by atoms with Crippen molar-refractivity contribution in [2.45, 2.75) is 6.42 Å². The van der Waals surface area contributed by atoms with Crippen LogP contribution < -0.4 is 10.2 Å². The summed E-state index contributed by atoms with van der Waals surface area (Å²) in [6.45, 7) is 0.171. The number of nitrogens with zero attached hydrogens (tertiary/aromatic N) is 1. The van der Waals surface area contributed by atoms with Gasteiger partial charge in [-0.3, -0.25) is 9.59 Å². The van der Waals surface area contributed by atoms with Gasteiger partial charge in [0.2, 0.25) is 5.91 Å². The van der Waals surface area contributed by atoms with Gasteiger partial charge in [-0.1, -0.05) is 15.9 Å². The standard InChI is InChI=1S/C11H11BrN2O2/c1-13-9-3-2-7(12)4-10(9)14-6-8(15)5-11(14)16/h2-4,13H,5-6H2,1H3. The van der Waals surface area contributed by atoms with Crippen LogP contribution in [-0.2, 0) is 9.59 Å². The normalized spacial score (nSPS) is 15.8. The molecule has 2 rings (SSSR count). The van der Waals surface area contributed by atoms with E-state index in [1.54, 1.807) is 7.05 Å². The van der Waals surface area contributed by atoms with E-state index in [4.69, 9.17) is 0 Å². The molecule has 1 amide bonds. The van der Waals surface area contributed by atoms with Gasteiger partial charge in [-0.05, 0) is 18.2 Å². The summed E-state index contributed by atoms with van der Waals surface area (Å²) < 4.78 is 0.883. The highest BCUT2D eigenvalue weighted by Gasteiger charge is 2.29. The van der Waals surface area contributed by atoms with Crippen molar-refractivity contribution in [1.29, 1.82) is 0 Å². The number of ketones is 1. The lowest BCUT2D eigenvalue weighted by atomic mass is 10.2. The number of halogens is 1. The third-order valence-electron chi connectivity index (χ3n) is 2.50. The number of carbonyl (C=O) groups is 2. The minimum Gasteiger partial charge on any atom is -0.386 e. The average molecular weight is 283 g/mol. The molecule has 0 aliphatic carbocycles. The highest BCUT2D eigenvalue weighted by molar-refractivity contribution is 9.10. The number of carbonyl (C=O) groups excluding carboxylic acids is 2. The third kappa shape index (κ3) is 1.95. The van der Waals surface area contributed by atoms with Crippen LogP contribution in [0.3, 0.4) is 0 Å². The summed E-state index contributed by atoms with van der Waals surface area (Å²) in [6.07, 6.45) is 0.00959. The van der Waals surface area contributed by atoms with Gasteiger partial charge in [-0.2, -0.15) is 0 Å². The minimum atomic E-state index is -0.139. The minimum absolute atomic E-state index is 0.00959. The van der Waals surface area contributed by atoms with Crippen LogP contribution in [0, 0.1) is 0 Å². The molecule has 0 spiro atoms. The van der Waals surface area contributed by atoms with E-state index in [1.807, 2.05) is 18.2 Å². The van der Waals surface area contributed by atoms with E-state index in [2.05, 4.69) is 21.2 Å². The molecule has 84 valence electrons. The predicted molar refractivity (Wildman–Crippen MR) is 65.7 cm³/mol. The van der Waals surface area contributed by atoms with Gasteiger partial charge >= 0.3 is 0 Å². The molecular formula is C11H11BrN2O2. The Morgan fingerprint density at radius 1 is 1.38 bits per heavy atom. The van der Waals surface area contributed by atoms with E-state index in [0.29, 0.717) is 0 Å². The van der Waals surface area contributed by atoms with Gasteiger partial charge < -0.3 is 10.2 Å². The molecule has 1 aliphatic heterocycles. The summed E-state index contributed by atoms with van der Waals surface area (Å²) in [5.41, 5.74) is 1.58. The van der Waals surface area contributed by atoms with Crippen LogP contribution in [0.15, 0.2) is 22.7 Å². The Labute approximate surface area is 102 Å². The number of amides is 1. The molecule has 1 N–H and O–H groups in total. The summed E-state index contributed by atoms with van der Waals surface area (Å²) in [7, 11) is 1.79. The number of rotatable bonds is 2. The number of Topliss-reactive ketones (excluding diaryl/α,β-unsaturated/α-hetero) is 1. The van der Waals surface area contributed by atoms with Crippen molar-refractivity contribution >= 4 is 39.0 Å². The highest BCUT2D eigenvalue weighted by Crippen LogP contribution is 2.31. The predicted octanol–water partition coefficient (Wildman–Crippen LogP) is 1.80. The van der Waals surface area contributed by atoms with Gasteiger partial charge in [-0.15, -0.1) is 0 Å². The molecule has 1 aromatic carbocycles. The highest BCUT2D eigenvalue weighted by atomic mass is 79.9. The van der Waals surface area contributed by atoms with Gasteiger partial charge in [-0.25, -0.2) is 0 Å². The number of hydrogen-bond acceptors (Lipinski definition) is 3. The Balaban J connectivity index is 2.42. The number of anilines is 2. The first-order valence-corrected chi connectivity index (χ1v) is 5.70. The summed E-state index contributed by atoms with van der Waals surface area (Å²) in [5.74, 6) is -0.174. The summed E-state index contributed by atoms with van der Waals surface area (Å²) in [4.78, 5) is 24.4. The maximum absolute atomic E-state index is 11.6. The quantitative estimate of drug-likeness (QED) is 0.842. The van der Waals surface area contributed by atoms with Crippen LogP contribution in [0.1, 0.15) is 6.42 Å². The molecule has 16 heavy (non-hydrogen) atoms. The zero-order chi connectivity index (χ0) is 11.7. The molecule has 0 bridgehead atoms. The van der Waals surface area contributed by atoms with Crippen molar-refractivity contribution in [1.82, 2.24) is 0 Å². The van der Waals surface area contributed by atoms with Gasteiger partial charge in [0.25, 0.3) is 0 Å². The molecule has 0 saturated carbocycles. The number of nitrogens with one attached hydrogen (secondary N) is 1. The van der Waals surface area contributed by atoms with Crippen LogP contribution in [0.4, 0.5) is 11.4 Å². The van der Waals surface area contributed by atoms with Crippen molar-refractivity contribution in [3.63, 3.8) is 0 Å². The summed E-state index contributed by atoms with van der Waals surface area (Å²) in [5, 5.41) is 3.01. The number of benzene rings is 1. The van der Waals surface area contributed by atoms with Crippen molar-refractivity contribution in [3.8, 4) is 0 Å². The second-order valence-electron chi connectivity index (χ2n) is 3.61. The average Bonchev–Trinajstić information content (AvgIpc) is 2.57. The van der Waals surface area contributed by atoms with Crippen molar-refractivity contribution in [3.05, 3.63) is 22.7 Å². The first-order valence-electron chi connectivity index (χ1n) is 4.91. The second-order valence-corrected chi connectivity index (χ2v) is 4.52. The van der Waals surface area contributed by atoms with E-state index in [9.17, 15) is 9.59 Å². The van der Waals surface area contributed by atoms with Crippen LogP contribution in [0.25, 0.3) is 0 Å². The molecule has 4 nitrogen and oxygen atoms in total. The van der Waals surface area contributed by atoms with Crippen molar-refractivity contribution < 1.29 is 9.59 Å². The molecule has 0 aromatic heterocycles. The Kier molecular flexibility index (Phi) is 2.96. The fraction of sp³-hybridized carbons (Fsp3) is 0.273. The molecule has 1 heterocycles. The van der Waals surface area contributed by atoms with Crippen LogP contribution in [0.5, 0.6) is 0 Å². The van der Waals surface area contributed by atoms with Gasteiger partial charge in [0.15, 0.2) is 5.78 Å².